The number of carbonyl (C=O) groups excluding carboxylic acids is 1. The molecule has 4 nitrogen and oxygen atoms in total. The highest BCUT2D eigenvalue weighted by atomic mass is 16.3. The molecule has 0 aromatic heterocycles. The number of rotatable bonds is 36. The van der Waals surface area contributed by atoms with Gasteiger partial charge in [-0.15, -0.1) is 0 Å². The molecule has 0 fully saturated rings. The van der Waals surface area contributed by atoms with Gasteiger partial charge in [0.05, 0.1) is 18.8 Å². The van der Waals surface area contributed by atoms with Crippen LogP contribution in [0.1, 0.15) is 219 Å². The van der Waals surface area contributed by atoms with Crippen molar-refractivity contribution in [3.05, 3.63) is 12.2 Å². The van der Waals surface area contributed by atoms with Crippen molar-refractivity contribution in [2.24, 2.45) is 0 Å². The monoisotopic (exact) mass is 622 g/mol. The SMILES string of the molecule is CCCCCCCCCCCCCCCC/C=C/C(O)C(CO)NC(=O)CCCCCCCCCCCCCCCCCC. The van der Waals surface area contributed by atoms with Gasteiger partial charge in [-0.2, -0.15) is 0 Å². The second kappa shape index (κ2) is 36.6. The molecule has 0 bridgehead atoms. The summed E-state index contributed by atoms with van der Waals surface area (Å²) in [6.45, 7) is 4.32. The van der Waals surface area contributed by atoms with E-state index < -0.39 is 12.1 Å². The van der Waals surface area contributed by atoms with Crippen molar-refractivity contribution < 1.29 is 15.0 Å². The van der Waals surface area contributed by atoms with Gasteiger partial charge >= 0.3 is 0 Å². The lowest BCUT2D eigenvalue weighted by Crippen LogP contribution is -2.45. The molecule has 1 amide bonds. The van der Waals surface area contributed by atoms with Gasteiger partial charge in [-0.3, -0.25) is 4.79 Å². The molecule has 0 rings (SSSR count). The van der Waals surface area contributed by atoms with E-state index in [-0.39, 0.29) is 12.5 Å². The predicted molar refractivity (Wildman–Crippen MR) is 193 cm³/mol. The van der Waals surface area contributed by atoms with Crippen LogP contribution in [0.15, 0.2) is 12.2 Å². The van der Waals surface area contributed by atoms with Crippen LogP contribution >= 0.6 is 0 Å². The van der Waals surface area contributed by atoms with E-state index >= 15 is 0 Å². The summed E-state index contributed by atoms with van der Waals surface area (Å²) in [5, 5.41) is 22.9. The second-order valence-electron chi connectivity index (χ2n) is 13.7. The molecule has 0 spiro atoms. The van der Waals surface area contributed by atoms with Gasteiger partial charge in [0.25, 0.3) is 0 Å². The van der Waals surface area contributed by atoms with Crippen molar-refractivity contribution >= 4 is 5.91 Å². The number of allylic oxidation sites excluding steroid dienone is 1. The minimum absolute atomic E-state index is 0.0613. The van der Waals surface area contributed by atoms with Gasteiger partial charge in [-0.1, -0.05) is 206 Å². The molecule has 0 aromatic rings. The normalized spacial score (nSPS) is 13.1. The fraction of sp³-hybridized carbons (Fsp3) is 0.925. The number of unbranched alkanes of at least 4 members (excludes halogenated alkanes) is 29. The molecule has 3 N–H and O–H groups in total. The highest BCUT2D eigenvalue weighted by molar-refractivity contribution is 5.76. The minimum Gasteiger partial charge on any atom is -0.394 e. The van der Waals surface area contributed by atoms with Gasteiger partial charge in [-0.05, 0) is 19.3 Å². The van der Waals surface area contributed by atoms with Crippen LogP contribution in [0.3, 0.4) is 0 Å². The first-order valence-corrected chi connectivity index (χ1v) is 19.9. The van der Waals surface area contributed by atoms with Crippen LogP contribution in [0.4, 0.5) is 0 Å². The molecule has 0 heterocycles. The van der Waals surface area contributed by atoms with Crippen molar-refractivity contribution in [1.82, 2.24) is 5.32 Å². The molecule has 0 saturated carbocycles. The van der Waals surface area contributed by atoms with E-state index in [0.717, 1.165) is 25.7 Å². The van der Waals surface area contributed by atoms with Gasteiger partial charge < -0.3 is 15.5 Å². The number of hydrogen-bond acceptors (Lipinski definition) is 3. The molecule has 0 aromatic carbocycles. The van der Waals surface area contributed by atoms with Gasteiger partial charge in [0.15, 0.2) is 0 Å². The summed E-state index contributed by atoms with van der Waals surface area (Å²) in [7, 11) is 0. The third kappa shape index (κ3) is 32.5. The van der Waals surface area contributed by atoms with Crippen molar-refractivity contribution in [2.45, 2.75) is 231 Å². The van der Waals surface area contributed by atoms with Gasteiger partial charge in [0.2, 0.25) is 5.91 Å². The highest BCUT2D eigenvalue weighted by Gasteiger charge is 2.17. The predicted octanol–water partition coefficient (Wildman–Crippen LogP) is 11.9. The largest absolute Gasteiger partial charge is 0.394 e. The number of nitrogens with one attached hydrogen (secondary N) is 1. The Balaban J connectivity index is 3.57. The molecule has 0 aliphatic carbocycles. The molecule has 262 valence electrons. The Morgan fingerprint density at radius 3 is 1.18 bits per heavy atom. The Kier molecular flexibility index (Phi) is 35.9. The topological polar surface area (TPSA) is 69.6 Å². The van der Waals surface area contributed by atoms with Crippen LogP contribution in [-0.2, 0) is 4.79 Å². The van der Waals surface area contributed by atoms with E-state index in [1.807, 2.05) is 6.08 Å². The zero-order valence-corrected chi connectivity index (χ0v) is 29.9. The van der Waals surface area contributed by atoms with E-state index in [4.69, 9.17) is 0 Å². The van der Waals surface area contributed by atoms with E-state index in [1.165, 1.54) is 173 Å². The number of amides is 1. The second-order valence-corrected chi connectivity index (χ2v) is 13.7. The van der Waals surface area contributed by atoms with Crippen molar-refractivity contribution in [3.8, 4) is 0 Å². The minimum atomic E-state index is -0.832. The average molecular weight is 622 g/mol. The summed E-state index contributed by atoms with van der Waals surface area (Å²) in [5.74, 6) is -0.0613. The molecular weight excluding hydrogens is 542 g/mol. The number of carbonyl (C=O) groups is 1. The molecule has 44 heavy (non-hydrogen) atoms. The standard InChI is InChI=1S/C40H79NO3/c1-3-5-7-9-11-13-15-17-19-21-23-25-27-29-31-33-35-39(43)38(37-42)41-40(44)36-34-32-30-28-26-24-22-20-18-16-14-12-10-8-6-4-2/h33,35,38-39,42-43H,3-32,34,36-37H2,1-2H3,(H,41,44)/b35-33+. The number of aliphatic hydroxyl groups excluding tert-OH is 2. The van der Waals surface area contributed by atoms with Gasteiger partial charge in [-0.25, -0.2) is 0 Å². The molecule has 0 aliphatic heterocycles. The van der Waals surface area contributed by atoms with Crippen LogP contribution in [0.5, 0.6) is 0 Å². The Hall–Kier alpha value is -0.870. The molecule has 2 unspecified atom stereocenters. The molecule has 4 heteroatoms. The first-order chi connectivity index (χ1) is 21.7. The Bertz CT molecular complexity index is 593. The molecular formula is C40H79NO3. The number of aliphatic hydroxyl groups is 2. The summed E-state index contributed by atoms with van der Waals surface area (Å²) in [6.07, 6.45) is 44.4. The summed E-state index contributed by atoms with van der Waals surface area (Å²) in [5.41, 5.74) is 0. The van der Waals surface area contributed by atoms with Crippen LogP contribution in [0.25, 0.3) is 0 Å². The van der Waals surface area contributed by atoms with Gasteiger partial charge in [0, 0.05) is 6.42 Å². The van der Waals surface area contributed by atoms with Crippen molar-refractivity contribution in [3.63, 3.8) is 0 Å². The molecule has 0 saturated heterocycles. The third-order valence-corrected chi connectivity index (χ3v) is 9.27. The smallest absolute Gasteiger partial charge is 0.220 e. The van der Waals surface area contributed by atoms with E-state index in [9.17, 15) is 15.0 Å². The summed E-state index contributed by atoms with van der Waals surface area (Å²) >= 11 is 0. The zero-order valence-electron chi connectivity index (χ0n) is 29.9. The highest BCUT2D eigenvalue weighted by Crippen LogP contribution is 2.15. The number of hydrogen-bond donors (Lipinski definition) is 3. The Morgan fingerprint density at radius 2 is 0.841 bits per heavy atom. The first kappa shape index (κ1) is 43.1. The summed E-state index contributed by atoms with van der Waals surface area (Å²) in [6, 6.07) is -0.615. The fourth-order valence-electron chi connectivity index (χ4n) is 6.18. The van der Waals surface area contributed by atoms with Crippen molar-refractivity contribution in [1.29, 1.82) is 0 Å². The lowest BCUT2D eigenvalue weighted by atomic mass is 10.0. The third-order valence-electron chi connectivity index (χ3n) is 9.27. The van der Waals surface area contributed by atoms with E-state index in [0.29, 0.717) is 6.42 Å². The maximum Gasteiger partial charge on any atom is 0.220 e. The fourth-order valence-corrected chi connectivity index (χ4v) is 6.18. The summed E-state index contributed by atoms with van der Waals surface area (Å²) < 4.78 is 0. The van der Waals surface area contributed by atoms with Crippen LogP contribution in [0, 0.1) is 0 Å². The van der Waals surface area contributed by atoms with Gasteiger partial charge in [0.1, 0.15) is 0 Å². The quantitative estimate of drug-likeness (QED) is 0.0481. The lowest BCUT2D eigenvalue weighted by Gasteiger charge is -2.20. The van der Waals surface area contributed by atoms with Crippen LogP contribution in [0.2, 0.25) is 0 Å². The average Bonchev–Trinajstić information content (AvgIpc) is 3.03. The first-order valence-electron chi connectivity index (χ1n) is 19.9. The Labute approximate surface area is 276 Å². The van der Waals surface area contributed by atoms with Crippen LogP contribution < -0.4 is 5.32 Å². The molecule has 0 radical (unpaired) electrons. The maximum absolute atomic E-state index is 12.3. The van der Waals surface area contributed by atoms with Crippen LogP contribution in [-0.4, -0.2) is 34.9 Å². The van der Waals surface area contributed by atoms with E-state index in [1.54, 1.807) is 6.08 Å². The molecule has 2 atom stereocenters. The molecule has 0 aliphatic rings. The summed E-state index contributed by atoms with van der Waals surface area (Å²) in [4.78, 5) is 12.3. The van der Waals surface area contributed by atoms with Crippen molar-refractivity contribution in [2.75, 3.05) is 6.61 Å². The Morgan fingerprint density at radius 1 is 0.523 bits per heavy atom. The zero-order chi connectivity index (χ0) is 32.2. The van der Waals surface area contributed by atoms with E-state index in [2.05, 4.69) is 19.2 Å². The lowest BCUT2D eigenvalue weighted by molar-refractivity contribution is -0.123. The maximum atomic E-state index is 12.3.